The summed E-state index contributed by atoms with van der Waals surface area (Å²) < 4.78 is 4.47. The molecule has 0 saturated heterocycles. The number of ether oxygens (including phenoxy) is 1. The summed E-state index contributed by atoms with van der Waals surface area (Å²) in [4.78, 5) is 21.4. The van der Waals surface area contributed by atoms with Gasteiger partial charge in [-0.15, -0.1) is 0 Å². The standard InChI is InChI=1S/C9H13NO3/c1-3-8(11)10-7-5-6-9(12)13-4-2/h3-4H,1-2,5-7H2,(H,10,11). The van der Waals surface area contributed by atoms with Crippen LogP contribution in [-0.2, 0) is 14.3 Å². The Morgan fingerprint density at radius 2 is 2.08 bits per heavy atom. The number of carbonyl (C=O) groups excluding carboxylic acids is 2. The molecule has 0 aliphatic carbocycles. The zero-order chi connectivity index (χ0) is 10.1. The Morgan fingerprint density at radius 3 is 2.62 bits per heavy atom. The smallest absolute Gasteiger partial charge is 0.310 e. The van der Waals surface area contributed by atoms with Crippen molar-refractivity contribution in [3.05, 3.63) is 25.5 Å². The monoisotopic (exact) mass is 183 g/mol. The first-order valence-corrected chi connectivity index (χ1v) is 3.91. The normalized spacial score (nSPS) is 8.62. The molecule has 13 heavy (non-hydrogen) atoms. The highest BCUT2D eigenvalue weighted by atomic mass is 16.5. The minimum atomic E-state index is -0.345. The summed E-state index contributed by atoms with van der Waals surface area (Å²) in [6.07, 6.45) is 3.09. The number of amides is 1. The SMILES string of the molecule is C=COC(=O)CCCNC(=O)C=C. The van der Waals surface area contributed by atoms with Gasteiger partial charge in [-0.2, -0.15) is 0 Å². The summed E-state index contributed by atoms with van der Waals surface area (Å²) in [5.74, 6) is -0.583. The van der Waals surface area contributed by atoms with E-state index in [1.807, 2.05) is 0 Å². The van der Waals surface area contributed by atoms with E-state index in [0.717, 1.165) is 6.26 Å². The molecule has 0 unspecified atom stereocenters. The molecule has 1 N–H and O–H groups in total. The Labute approximate surface area is 77.3 Å². The Morgan fingerprint density at radius 1 is 1.38 bits per heavy atom. The van der Waals surface area contributed by atoms with E-state index in [0.29, 0.717) is 13.0 Å². The number of hydrogen-bond donors (Lipinski definition) is 1. The number of carbonyl (C=O) groups is 2. The molecule has 0 heterocycles. The van der Waals surface area contributed by atoms with Gasteiger partial charge in [0.15, 0.2) is 0 Å². The van der Waals surface area contributed by atoms with Crippen molar-refractivity contribution in [3.63, 3.8) is 0 Å². The lowest BCUT2D eigenvalue weighted by molar-refractivity contribution is -0.138. The summed E-state index contributed by atoms with van der Waals surface area (Å²) in [6, 6.07) is 0. The minimum Gasteiger partial charge on any atom is -0.435 e. The van der Waals surface area contributed by atoms with Gasteiger partial charge in [-0.25, -0.2) is 0 Å². The fraction of sp³-hybridized carbons (Fsp3) is 0.333. The molecule has 0 aliphatic rings. The summed E-state index contributed by atoms with van der Waals surface area (Å²) in [5, 5.41) is 2.54. The van der Waals surface area contributed by atoms with Crippen LogP contribution in [0.25, 0.3) is 0 Å². The van der Waals surface area contributed by atoms with Crippen molar-refractivity contribution >= 4 is 11.9 Å². The largest absolute Gasteiger partial charge is 0.435 e. The average molecular weight is 183 g/mol. The van der Waals surface area contributed by atoms with Crippen molar-refractivity contribution in [3.8, 4) is 0 Å². The molecular formula is C9H13NO3. The third-order valence-corrected chi connectivity index (χ3v) is 1.26. The predicted molar refractivity (Wildman–Crippen MR) is 48.7 cm³/mol. The Bertz CT molecular complexity index is 211. The van der Waals surface area contributed by atoms with E-state index in [-0.39, 0.29) is 18.3 Å². The van der Waals surface area contributed by atoms with E-state index in [1.54, 1.807) is 0 Å². The van der Waals surface area contributed by atoms with Crippen LogP contribution in [0.3, 0.4) is 0 Å². The molecule has 0 fully saturated rings. The van der Waals surface area contributed by atoms with Crippen molar-refractivity contribution < 1.29 is 14.3 Å². The molecule has 4 nitrogen and oxygen atoms in total. The molecule has 0 atom stereocenters. The van der Waals surface area contributed by atoms with Crippen molar-refractivity contribution in [2.45, 2.75) is 12.8 Å². The summed E-state index contributed by atoms with van der Waals surface area (Å²) in [6.45, 7) is 6.97. The highest BCUT2D eigenvalue weighted by molar-refractivity contribution is 5.86. The molecule has 0 aromatic carbocycles. The van der Waals surface area contributed by atoms with E-state index in [9.17, 15) is 9.59 Å². The van der Waals surface area contributed by atoms with Gasteiger partial charge in [0.1, 0.15) is 0 Å². The third kappa shape index (κ3) is 6.80. The fourth-order valence-electron chi connectivity index (χ4n) is 0.668. The van der Waals surface area contributed by atoms with E-state index >= 15 is 0 Å². The molecular weight excluding hydrogens is 170 g/mol. The van der Waals surface area contributed by atoms with Crippen LogP contribution < -0.4 is 5.32 Å². The lowest BCUT2D eigenvalue weighted by Crippen LogP contribution is -2.22. The molecule has 0 spiro atoms. The molecule has 0 saturated carbocycles. The van der Waals surface area contributed by atoms with Crippen LogP contribution in [0.4, 0.5) is 0 Å². The molecule has 72 valence electrons. The van der Waals surface area contributed by atoms with Crippen LogP contribution in [0, 0.1) is 0 Å². The first-order valence-electron chi connectivity index (χ1n) is 3.91. The van der Waals surface area contributed by atoms with E-state index in [4.69, 9.17) is 0 Å². The minimum absolute atomic E-state index is 0.239. The van der Waals surface area contributed by atoms with Crippen molar-refractivity contribution in [2.24, 2.45) is 0 Å². The van der Waals surface area contributed by atoms with Crippen LogP contribution in [0.5, 0.6) is 0 Å². The summed E-state index contributed by atoms with van der Waals surface area (Å²) in [7, 11) is 0. The van der Waals surface area contributed by atoms with Crippen LogP contribution in [0.2, 0.25) is 0 Å². The maximum atomic E-state index is 10.7. The predicted octanol–water partition coefficient (Wildman–Crippen LogP) is 0.755. The highest BCUT2D eigenvalue weighted by Gasteiger charge is 2.00. The van der Waals surface area contributed by atoms with Crippen molar-refractivity contribution in [2.75, 3.05) is 6.54 Å². The number of nitrogens with one attached hydrogen (secondary N) is 1. The first-order chi connectivity index (χ1) is 6.20. The van der Waals surface area contributed by atoms with E-state index in [1.165, 1.54) is 6.08 Å². The van der Waals surface area contributed by atoms with Gasteiger partial charge in [0.2, 0.25) is 5.91 Å². The lowest BCUT2D eigenvalue weighted by Gasteiger charge is -2.00. The maximum absolute atomic E-state index is 10.7. The Balaban J connectivity index is 3.35. The summed E-state index contributed by atoms with van der Waals surface area (Å²) >= 11 is 0. The van der Waals surface area contributed by atoms with E-state index in [2.05, 4.69) is 23.2 Å². The van der Waals surface area contributed by atoms with Gasteiger partial charge in [-0.1, -0.05) is 13.2 Å². The second kappa shape index (κ2) is 7.09. The molecule has 0 aromatic heterocycles. The van der Waals surface area contributed by atoms with Gasteiger partial charge in [-0.3, -0.25) is 9.59 Å². The Hall–Kier alpha value is -1.58. The molecule has 0 rings (SSSR count). The van der Waals surface area contributed by atoms with Crippen LogP contribution in [-0.4, -0.2) is 18.4 Å². The van der Waals surface area contributed by atoms with Gasteiger partial charge < -0.3 is 10.1 Å². The topological polar surface area (TPSA) is 55.4 Å². The molecule has 1 amide bonds. The van der Waals surface area contributed by atoms with Crippen LogP contribution in [0.1, 0.15) is 12.8 Å². The number of esters is 1. The van der Waals surface area contributed by atoms with Gasteiger partial charge >= 0.3 is 5.97 Å². The zero-order valence-electron chi connectivity index (χ0n) is 7.41. The van der Waals surface area contributed by atoms with Crippen molar-refractivity contribution in [1.82, 2.24) is 5.32 Å². The maximum Gasteiger partial charge on any atom is 0.310 e. The number of rotatable bonds is 6. The lowest BCUT2D eigenvalue weighted by atomic mass is 10.3. The quantitative estimate of drug-likeness (QED) is 0.286. The molecule has 0 aliphatic heterocycles. The zero-order valence-corrected chi connectivity index (χ0v) is 7.41. The molecule has 0 aromatic rings. The third-order valence-electron chi connectivity index (χ3n) is 1.26. The van der Waals surface area contributed by atoms with Gasteiger partial charge in [0, 0.05) is 13.0 Å². The fourth-order valence-corrected chi connectivity index (χ4v) is 0.668. The van der Waals surface area contributed by atoms with Crippen molar-refractivity contribution in [1.29, 1.82) is 0 Å². The second-order valence-electron chi connectivity index (χ2n) is 2.26. The molecule has 0 bridgehead atoms. The van der Waals surface area contributed by atoms with Crippen LogP contribution >= 0.6 is 0 Å². The summed E-state index contributed by atoms with van der Waals surface area (Å²) in [5.41, 5.74) is 0. The highest BCUT2D eigenvalue weighted by Crippen LogP contribution is 1.91. The second-order valence-corrected chi connectivity index (χ2v) is 2.26. The van der Waals surface area contributed by atoms with Crippen LogP contribution in [0.15, 0.2) is 25.5 Å². The Kier molecular flexibility index (Phi) is 6.23. The molecule has 0 radical (unpaired) electrons. The number of hydrogen-bond acceptors (Lipinski definition) is 3. The van der Waals surface area contributed by atoms with Gasteiger partial charge in [-0.05, 0) is 12.5 Å². The van der Waals surface area contributed by atoms with Gasteiger partial charge in [0.25, 0.3) is 0 Å². The average Bonchev–Trinajstić information content (AvgIpc) is 2.12. The molecule has 4 heteroatoms. The first kappa shape index (κ1) is 11.4. The van der Waals surface area contributed by atoms with Gasteiger partial charge in [0.05, 0.1) is 6.26 Å². The van der Waals surface area contributed by atoms with E-state index < -0.39 is 0 Å².